The number of hydrogen-bond donors (Lipinski definition) is 2. The van der Waals surface area contributed by atoms with Crippen LogP contribution in [0.2, 0.25) is 0 Å². The van der Waals surface area contributed by atoms with Gasteiger partial charge in [0.25, 0.3) is 0 Å². The molecule has 2 amide bonds. The van der Waals surface area contributed by atoms with Crippen molar-refractivity contribution in [3.63, 3.8) is 0 Å². The number of allylic oxidation sites excluding steroid dienone is 2. The normalized spacial score (nSPS) is 19.4. The third kappa shape index (κ3) is 6.57. The van der Waals surface area contributed by atoms with Gasteiger partial charge in [-0.3, -0.25) is 0 Å². The molecule has 0 saturated carbocycles. The fourth-order valence-electron chi connectivity index (χ4n) is 3.54. The van der Waals surface area contributed by atoms with E-state index in [2.05, 4.69) is 41.8 Å². The summed E-state index contributed by atoms with van der Waals surface area (Å²) in [7, 11) is 0. The molecule has 0 saturated heterocycles. The van der Waals surface area contributed by atoms with Crippen molar-refractivity contribution in [1.29, 1.82) is 0 Å². The van der Waals surface area contributed by atoms with Gasteiger partial charge in [-0.1, -0.05) is 59.7 Å². The Bertz CT molecular complexity index is 847. The number of hydrazone groups is 1. The maximum Gasteiger partial charge on any atom is 0.339 e. The molecule has 0 bridgehead atoms. The molecule has 0 aliphatic heterocycles. The van der Waals surface area contributed by atoms with Gasteiger partial charge in [0, 0.05) is 17.8 Å². The summed E-state index contributed by atoms with van der Waals surface area (Å²) in [5.41, 5.74) is 7.31. The van der Waals surface area contributed by atoms with Crippen molar-refractivity contribution in [2.24, 2.45) is 16.9 Å². The molecule has 29 heavy (non-hydrogen) atoms. The lowest BCUT2D eigenvalue weighted by molar-refractivity contribution is 0.0740. The molecule has 2 N–H and O–H groups in total. The van der Waals surface area contributed by atoms with Crippen molar-refractivity contribution in [2.75, 3.05) is 11.9 Å². The van der Waals surface area contributed by atoms with E-state index in [0.29, 0.717) is 19.1 Å². The molecule has 2 aromatic rings. The summed E-state index contributed by atoms with van der Waals surface area (Å²) in [6, 6.07) is 19.2. The van der Waals surface area contributed by atoms with Gasteiger partial charge in [-0.15, -0.1) is 0 Å². The van der Waals surface area contributed by atoms with Crippen LogP contribution in [0.4, 0.5) is 10.5 Å². The van der Waals surface area contributed by atoms with Gasteiger partial charge in [-0.05, 0) is 50.3 Å². The Morgan fingerprint density at radius 3 is 2.41 bits per heavy atom. The van der Waals surface area contributed by atoms with Crippen LogP contribution in [0.1, 0.15) is 32.3 Å². The lowest BCUT2D eigenvalue weighted by Crippen LogP contribution is -2.28. The zero-order valence-corrected chi connectivity index (χ0v) is 17.1. The second kappa shape index (κ2) is 10.6. The molecular formula is C24H29N3O2. The van der Waals surface area contributed by atoms with Gasteiger partial charge in [-0.25, -0.2) is 10.2 Å². The third-order valence-electron chi connectivity index (χ3n) is 5.35. The highest BCUT2D eigenvalue weighted by Gasteiger charge is 2.26. The minimum absolute atomic E-state index is 0.242. The highest BCUT2D eigenvalue weighted by molar-refractivity contribution is 5.89. The summed E-state index contributed by atoms with van der Waals surface area (Å²) in [4.78, 5) is 12.0. The predicted octanol–water partition coefficient (Wildman–Crippen LogP) is 5.37. The Kier molecular flexibility index (Phi) is 7.59. The van der Waals surface area contributed by atoms with Crippen LogP contribution >= 0.6 is 0 Å². The van der Waals surface area contributed by atoms with E-state index in [4.69, 9.17) is 4.74 Å². The zero-order chi connectivity index (χ0) is 20.5. The van der Waals surface area contributed by atoms with Crippen molar-refractivity contribution >= 4 is 17.9 Å². The molecule has 0 spiro atoms. The fourth-order valence-corrected chi connectivity index (χ4v) is 3.54. The molecule has 0 fully saturated rings. The van der Waals surface area contributed by atoms with Crippen molar-refractivity contribution < 1.29 is 9.53 Å². The minimum atomic E-state index is -0.344. The second-order valence-corrected chi connectivity index (χ2v) is 7.60. The topological polar surface area (TPSA) is 62.7 Å². The number of rotatable bonds is 7. The van der Waals surface area contributed by atoms with E-state index in [1.807, 2.05) is 54.7 Å². The highest BCUT2D eigenvalue weighted by atomic mass is 16.5. The number of nitrogens with zero attached hydrogens (tertiary/aromatic N) is 1. The maximum absolute atomic E-state index is 12.0. The van der Waals surface area contributed by atoms with Crippen LogP contribution in [0.3, 0.4) is 0 Å². The summed E-state index contributed by atoms with van der Waals surface area (Å²) in [5.74, 6) is 0.594. The molecule has 0 unspecified atom stereocenters. The third-order valence-corrected chi connectivity index (χ3v) is 5.35. The van der Waals surface area contributed by atoms with E-state index in [1.54, 1.807) is 0 Å². The summed E-state index contributed by atoms with van der Waals surface area (Å²) in [5, 5.41) is 6.96. The van der Waals surface area contributed by atoms with Gasteiger partial charge >= 0.3 is 6.03 Å². The van der Waals surface area contributed by atoms with E-state index in [1.165, 1.54) is 16.7 Å². The first-order valence-corrected chi connectivity index (χ1v) is 10.0. The molecule has 5 heteroatoms. The number of anilines is 1. The molecule has 0 radical (unpaired) electrons. The molecule has 5 nitrogen and oxygen atoms in total. The van der Waals surface area contributed by atoms with Crippen molar-refractivity contribution in [1.82, 2.24) is 5.43 Å². The van der Waals surface area contributed by atoms with Crippen LogP contribution < -0.4 is 10.7 Å². The Morgan fingerprint density at radius 2 is 1.69 bits per heavy atom. The van der Waals surface area contributed by atoms with E-state index >= 15 is 0 Å². The number of nitrogens with one attached hydrogen (secondary N) is 2. The fraction of sp³-hybridized carbons (Fsp3) is 0.333. The summed E-state index contributed by atoms with van der Waals surface area (Å²) in [6.07, 6.45) is 3.79. The number of carbonyl (C=O) groups excluding carboxylic acids is 1. The quantitative estimate of drug-likeness (QED) is 0.378. The Balaban J connectivity index is 1.53. The van der Waals surface area contributed by atoms with Crippen molar-refractivity contribution in [2.45, 2.75) is 33.3 Å². The zero-order valence-electron chi connectivity index (χ0n) is 17.1. The number of carbonyl (C=O) groups is 1. The van der Waals surface area contributed by atoms with Crippen LogP contribution in [-0.2, 0) is 11.3 Å². The Hall–Kier alpha value is -2.92. The standard InChI is InChI=1S/C24H29N3O2/c1-18-13-21(15-25-27-24(28)26-23-11-7-4-8-12-23)22(14-19(18)2)17-29-16-20-9-5-3-6-10-20/h3-12,15,21-22H,13-14,16-17H2,1-2H3,(H2,26,27,28)/b25-15+/t21-,22+/m0/s1. The van der Waals surface area contributed by atoms with E-state index in [-0.39, 0.29) is 11.9 Å². The van der Waals surface area contributed by atoms with Crippen LogP contribution in [-0.4, -0.2) is 18.9 Å². The monoisotopic (exact) mass is 391 g/mol. The minimum Gasteiger partial charge on any atom is -0.376 e. The molecular weight excluding hydrogens is 362 g/mol. The first-order valence-electron chi connectivity index (χ1n) is 10.0. The summed E-state index contributed by atoms with van der Waals surface area (Å²) >= 11 is 0. The Labute approximate surface area is 172 Å². The van der Waals surface area contributed by atoms with Gasteiger partial charge in [-0.2, -0.15) is 5.10 Å². The molecule has 0 heterocycles. The predicted molar refractivity (Wildman–Crippen MR) is 118 cm³/mol. The van der Waals surface area contributed by atoms with E-state index in [0.717, 1.165) is 18.5 Å². The van der Waals surface area contributed by atoms with Crippen molar-refractivity contribution in [3.05, 3.63) is 77.4 Å². The largest absolute Gasteiger partial charge is 0.376 e. The number of ether oxygens (including phenoxy) is 1. The molecule has 1 aliphatic rings. The summed E-state index contributed by atoms with van der Waals surface area (Å²) in [6.45, 7) is 5.65. The first-order chi connectivity index (χ1) is 14.1. The van der Waals surface area contributed by atoms with Gasteiger partial charge in [0.1, 0.15) is 0 Å². The molecule has 0 aromatic heterocycles. The lowest BCUT2D eigenvalue weighted by atomic mass is 9.77. The molecule has 2 atom stereocenters. The van der Waals surface area contributed by atoms with Gasteiger partial charge in [0.05, 0.1) is 13.2 Å². The molecule has 3 rings (SSSR count). The van der Waals surface area contributed by atoms with E-state index < -0.39 is 0 Å². The van der Waals surface area contributed by atoms with Gasteiger partial charge < -0.3 is 10.1 Å². The Morgan fingerprint density at radius 1 is 1.03 bits per heavy atom. The number of benzene rings is 2. The van der Waals surface area contributed by atoms with Crippen LogP contribution in [0.15, 0.2) is 76.9 Å². The SMILES string of the molecule is CC1=C(C)C[C@@H](/C=N/NC(=O)Nc2ccccc2)[C@@H](COCc2ccccc2)C1. The average molecular weight is 392 g/mol. The maximum atomic E-state index is 12.0. The molecule has 1 aliphatic carbocycles. The number of hydrogen-bond acceptors (Lipinski definition) is 3. The van der Waals surface area contributed by atoms with Crippen LogP contribution in [0.5, 0.6) is 0 Å². The van der Waals surface area contributed by atoms with Gasteiger partial charge in [0.15, 0.2) is 0 Å². The van der Waals surface area contributed by atoms with Crippen LogP contribution in [0, 0.1) is 11.8 Å². The number of para-hydroxylation sites is 1. The van der Waals surface area contributed by atoms with E-state index in [9.17, 15) is 4.79 Å². The molecule has 2 aromatic carbocycles. The smallest absolute Gasteiger partial charge is 0.339 e. The average Bonchev–Trinajstić information content (AvgIpc) is 2.73. The van der Waals surface area contributed by atoms with Gasteiger partial charge in [0.2, 0.25) is 0 Å². The second-order valence-electron chi connectivity index (χ2n) is 7.60. The number of urea groups is 1. The number of amides is 2. The van der Waals surface area contributed by atoms with Crippen LogP contribution in [0.25, 0.3) is 0 Å². The highest BCUT2D eigenvalue weighted by Crippen LogP contribution is 2.33. The lowest BCUT2D eigenvalue weighted by Gasteiger charge is -2.30. The first kappa shape index (κ1) is 20.8. The summed E-state index contributed by atoms with van der Waals surface area (Å²) < 4.78 is 6.00. The molecule has 152 valence electrons. The van der Waals surface area contributed by atoms with Crippen molar-refractivity contribution in [3.8, 4) is 0 Å².